The van der Waals surface area contributed by atoms with Crippen LogP contribution in [0.15, 0.2) is 0 Å². The number of ether oxygens (including phenoxy) is 1. The third-order valence-electron chi connectivity index (χ3n) is 2.83. The van der Waals surface area contributed by atoms with E-state index in [0.717, 1.165) is 13.0 Å². The zero-order chi connectivity index (χ0) is 11.2. The van der Waals surface area contributed by atoms with Crippen molar-refractivity contribution in [1.29, 1.82) is 0 Å². The molecule has 0 aliphatic rings. The molecule has 14 heavy (non-hydrogen) atoms. The first kappa shape index (κ1) is 13.4. The minimum Gasteiger partial charge on any atom is -0.480 e. The lowest BCUT2D eigenvalue weighted by Crippen LogP contribution is -2.50. The summed E-state index contributed by atoms with van der Waals surface area (Å²) >= 11 is 0. The largest absolute Gasteiger partial charge is 0.480 e. The van der Waals surface area contributed by atoms with Crippen LogP contribution in [0.1, 0.15) is 26.7 Å². The summed E-state index contributed by atoms with van der Waals surface area (Å²) in [7, 11) is 3.49. The molecule has 0 aromatic rings. The Kier molecular flexibility index (Phi) is 5.72. The molecule has 1 atom stereocenters. The molecule has 0 saturated carbocycles. The van der Waals surface area contributed by atoms with Crippen molar-refractivity contribution in [2.45, 2.75) is 32.2 Å². The molecule has 0 bridgehead atoms. The van der Waals surface area contributed by atoms with Crippen LogP contribution in [0.5, 0.6) is 0 Å². The lowest BCUT2D eigenvalue weighted by Gasteiger charge is -2.34. The van der Waals surface area contributed by atoms with Crippen LogP contribution < -0.4 is 0 Å². The van der Waals surface area contributed by atoms with Gasteiger partial charge in [-0.3, -0.25) is 9.69 Å². The van der Waals surface area contributed by atoms with Crippen LogP contribution in [-0.2, 0) is 9.53 Å². The number of hydrogen-bond donors (Lipinski definition) is 1. The van der Waals surface area contributed by atoms with Crippen LogP contribution in [0.3, 0.4) is 0 Å². The van der Waals surface area contributed by atoms with Gasteiger partial charge in [0.25, 0.3) is 0 Å². The topological polar surface area (TPSA) is 49.8 Å². The SMILES string of the molecule is CCC(C)(C(=O)O)N(C)CCCOC. The number of carbonyl (C=O) groups is 1. The van der Waals surface area contributed by atoms with Gasteiger partial charge in [-0.2, -0.15) is 0 Å². The average Bonchev–Trinajstić information content (AvgIpc) is 2.16. The van der Waals surface area contributed by atoms with Gasteiger partial charge in [0.2, 0.25) is 0 Å². The third kappa shape index (κ3) is 3.27. The van der Waals surface area contributed by atoms with Crippen molar-refractivity contribution < 1.29 is 14.6 Å². The van der Waals surface area contributed by atoms with E-state index in [-0.39, 0.29) is 0 Å². The summed E-state index contributed by atoms with van der Waals surface area (Å²) in [6.07, 6.45) is 1.46. The summed E-state index contributed by atoms with van der Waals surface area (Å²) < 4.78 is 4.92. The number of methoxy groups -OCH3 is 1. The number of rotatable bonds is 7. The van der Waals surface area contributed by atoms with Crippen molar-refractivity contribution in [2.24, 2.45) is 0 Å². The molecule has 4 heteroatoms. The molecular formula is C10H21NO3. The number of likely N-dealkylation sites (N-methyl/N-ethyl adjacent to an activating group) is 1. The van der Waals surface area contributed by atoms with Crippen LogP contribution in [0, 0.1) is 0 Å². The maximum Gasteiger partial charge on any atom is 0.323 e. The second kappa shape index (κ2) is 5.98. The standard InChI is InChI=1S/C10H21NO3/c1-5-10(2,9(12)13)11(3)7-6-8-14-4/h5-8H2,1-4H3,(H,12,13). The smallest absolute Gasteiger partial charge is 0.323 e. The normalized spacial score (nSPS) is 15.5. The zero-order valence-electron chi connectivity index (χ0n) is 9.54. The Morgan fingerprint density at radius 2 is 2.14 bits per heavy atom. The fourth-order valence-electron chi connectivity index (χ4n) is 1.28. The molecule has 1 unspecified atom stereocenters. The lowest BCUT2D eigenvalue weighted by molar-refractivity contribution is -0.150. The van der Waals surface area contributed by atoms with E-state index in [1.165, 1.54) is 0 Å². The minimum atomic E-state index is -0.764. The molecule has 0 rings (SSSR count). The summed E-state index contributed by atoms with van der Waals surface area (Å²) in [5.74, 6) is -0.764. The van der Waals surface area contributed by atoms with Gasteiger partial charge in [0.1, 0.15) is 5.54 Å². The molecular weight excluding hydrogens is 182 g/mol. The molecule has 1 N–H and O–H groups in total. The first-order valence-electron chi connectivity index (χ1n) is 4.92. The molecule has 0 fully saturated rings. The molecule has 0 aliphatic carbocycles. The Hall–Kier alpha value is -0.610. The summed E-state index contributed by atoms with van der Waals surface area (Å²) in [6.45, 7) is 5.05. The highest BCUT2D eigenvalue weighted by Crippen LogP contribution is 2.17. The Morgan fingerprint density at radius 1 is 1.57 bits per heavy atom. The number of aliphatic carboxylic acids is 1. The quantitative estimate of drug-likeness (QED) is 0.632. The predicted octanol–water partition coefficient (Wildman–Crippen LogP) is 1.21. The van der Waals surface area contributed by atoms with Crippen LogP contribution in [0.2, 0.25) is 0 Å². The van der Waals surface area contributed by atoms with E-state index in [4.69, 9.17) is 9.84 Å². The fourth-order valence-corrected chi connectivity index (χ4v) is 1.28. The molecule has 0 saturated heterocycles. The van der Waals surface area contributed by atoms with Crippen molar-refractivity contribution in [1.82, 2.24) is 4.90 Å². The number of hydrogen-bond acceptors (Lipinski definition) is 3. The van der Waals surface area contributed by atoms with Gasteiger partial charge < -0.3 is 9.84 Å². The molecule has 0 spiro atoms. The van der Waals surface area contributed by atoms with Crippen molar-refractivity contribution in [3.05, 3.63) is 0 Å². The first-order valence-corrected chi connectivity index (χ1v) is 4.92. The molecule has 0 amide bonds. The van der Waals surface area contributed by atoms with Crippen molar-refractivity contribution in [3.63, 3.8) is 0 Å². The Bertz CT molecular complexity index is 184. The summed E-state index contributed by atoms with van der Waals surface area (Å²) in [5.41, 5.74) is -0.756. The predicted molar refractivity (Wildman–Crippen MR) is 55.5 cm³/mol. The monoisotopic (exact) mass is 203 g/mol. The highest BCUT2D eigenvalue weighted by atomic mass is 16.5. The van der Waals surface area contributed by atoms with Gasteiger partial charge in [-0.15, -0.1) is 0 Å². The summed E-state index contributed by atoms with van der Waals surface area (Å²) in [6, 6.07) is 0. The van der Waals surface area contributed by atoms with E-state index in [1.807, 2.05) is 18.9 Å². The van der Waals surface area contributed by atoms with Crippen LogP contribution in [0.4, 0.5) is 0 Å². The van der Waals surface area contributed by atoms with E-state index in [2.05, 4.69) is 0 Å². The molecule has 0 aromatic carbocycles. The van der Waals surface area contributed by atoms with E-state index < -0.39 is 11.5 Å². The Labute approximate surface area is 85.9 Å². The Morgan fingerprint density at radius 3 is 2.50 bits per heavy atom. The number of nitrogens with zero attached hydrogens (tertiary/aromatic N) is 1. The van der Waals surface area contributed by atoms with E-state index in [1.54, 1.807) is 14.0 Å². The molecule has 0 aliphatic heterocycles. The van der Waals surface area contributed by atoms with E-state index >= 15 is 0 Å². The molecule has 4 nitrogen and oxygen atoms in total. The fraction of sp³-hybridized carbons (Fsp3) is 0.900. The summed E-state index contributed by atoms with van der Waals surface area (Å²) in [5, 5.41) is 9.09. The van der Waals surface area contributed by atoms with Crippen molar-refractivity contribution in [3.8, 4) is 0 Å². The van der Waals surface area contributed by atoms with Gasteiger partial charge in [-0.25, -0.2) is 0 Å². The van der Waals surface area contributed by atoms with E-state index in [0.29, 0.717) is 13.0 Å². The van der Waals surface area contributed by atoms with Crippen LogP contribution in [-0.4, -0.2) is 48.8 Å². The van der Waals surface area contributed by atoms with Gasteiger partial charge in [-0.1, -0.05) is 6.92 Å². The number of carboxylic acids is 1. The van der Waals surface area contributed by atoms with Crippen molar-refractivity contribution >= 4 is 5.97 Å². The third-order valence-corrected chi connectivity index (χ3v) is 2.83. The maximum atomic E-state index is 11.1. The lowest BCUT2D eigenvalue weighted by atomic mass is 9.97. The second-order valence-corrected chi connectivity index (χ2v) is 3.70. The second-order valence-electron chi connectivity index (χ2n) is 3.70. The van der Waals surface area contributed by atoms with Gasteiger partial charge in [0.15, 0.2) is 0 Å². The first-order chi connectivity index (χ1) is 6.49. The molecule has 0 aromatic heterocycles. The van der Waals surface area contributed by atoms with Crippen molar-refractivity contribution in [2.75, 3.05) is 27.3 Å². The molecule has 84 valence electrons. The van der Waals surface area contributed by atoms with Crippen LogP contribution >= 0.6 is 0 Å². The van der Waals surface area contributed by atoms with Gasteiger partial charge in [-0.05, 0) is 26.8 Å². The Balaban J connectivity index is 4.17. The van der Waals surface area contributed by atoms with Crippen LogP contribution in [0.25, 0.3) is 0 Å². The summed E-state index contributed by atoms with van der Waals surface area (Å²) in [4.78, 5) is 12.9. The zero-order valence-corrected chi connectivity index (χ0v) is 9.54. The number of carboxylic acid groups (broad SMARTS) is 1. The van der Waals surface area contributed by atoms with Gasteiger partial charge >= 0.3 is 5.97 Å². The maximum absolute atomic E-state index is 11.1. The van der Waals surface area contributed by atoms with Gasteiger partial charge in [0, 0.05) is 20.3 Å². The van der Waals surface area contributed by atoms with Gasteiger partial charge in [0.05, 0.1) is 0 Å². The highest BCUT2D eigenvalue weighted by Gasteiger charge is 2.34. The molecule has 0 radical (unpaired) electrons. The minimum absolute atomic E-state index is 0.603. The average molecular weight is 203 g/mol. The van der Waals surface area contributed by atoms with E-state index in [9.17, 15) is 4.79 Å². The highest BCUT2D eigenvalue weighted by molar-refractivity contribution is 5.78. The molecule has 0 heterocycles.